The Morgan fingerprint density at radius 3 is 2.50 bits per heavy atom. The fourth-order valence-electron chi connectivity index (χ4n) is 1.67. The molecule has 2 aromatic rings. The van der Waals surface area contributed by atoms with Gasteiger partial charge in [0, 0.05) is 12.6 Å². The predicted octanol–water partition coefficient (Wildman–Crippen LogP) is 2.85. The summed E-state index contributed by atoms with van der Waals surface area (Å²) < 4.78 is 5.76. The number of ether oxygens (including phenoxy) is 1. The standard InChI is InChI=1S/C14H17N3O/c1-10(2)12-5-3-4-6-13(12)18-14-8-7-11(9-15)16-17-14/h3-8,10H,9,15H2,1-2H3. The Kier molecular flexibility index (Phi) is 3.89. The van der Waals surface area contributed by atoms with Crippen molar-refractivity contribution in [2.45, 2.75) is 26.3 Å². The summed E-state index contributed by atoms with van der Waals surface area (Å²) in [4.78, 5) is 0. The number of rotatable bonds is 4. The maximum Gasteiger partial charge on any atom is 0.238 e. The summed E-state index contributed by atoms with van der Waals surface area (Å²) in [5, 5.41) is 7.96. The number of nitrogens with zero attached hydrogens (tertiary/aromatic N) is 2. The van der Waals surface area contributed by atoms with Gasteiger partial charge in [-0.05, 0) is 23.6 Å². The number of aromatic nitrogens is 2. The molecule has 0 amide bonds. The lowest BCUT2D eigenvalue weighted by Gasteiger charge is -2.12. The summed E-state index contributed by atoms with van der Waals surface area (Å²) in [5.74, 6) is 1.71. The van der Waals surface area contributed by atoms with Gasteiger partial charge in [0.05, 0.1) is 5.69 Å². The van der Waals surface area contributed by atoms with Gasteiger partial charge in [0.25, 0.3) is 0 Å². The summed E-state index contributed by atoms with van der Waals surface area (Å²) in [7, 11) is 0. The third kappa shape index (κ3) is 2.84. The van der Waals surface area contributed by atoms with Crippen molar-refractivity contribution in [2.75, 3.05) is 0 Å². The van der Waals surface area contributed by atoms with Crippen molar-refractivity contribution in [2.24, 2.45) is 5.73 Å². The molecule has 0 spiro atoms. The quantitative estimate of drug-likeness (QED) is 0.897. The van der Waals surface area contributed by atoms with Crippen LogP contribution in [-0.4, -0.2) is 10.2 Å². The van der Waals surface area contributed by atoms with E-state index in [2.05, 4.69) is 30.1 Å². The van der Waals surface area contributed by atoms with Gasteiger partial charge in [0.15, 0.2) is 0 Å². The number of nitrogens with two attached hydrogens (primary N) is 1. The van der Waals surface area contributed by atoms with Crippen LogP contribution in [0.3, 0.4) is 0 Å². The number of hydrogen-bond donors (Lipinski definition) is 1. The van der Waals surface area contributed by atoms with E-state index >= 15 is 0 Å². The van der Waals surface area contributed by atoms with Crippen LogP contribution in [0.5, 0.6) is 11.6 Å². The molecule has 18 heavy (non-hydrogen) atoms. The highest BCUT2D eigenvalue weighted by molar-refractivity contribution is 5.37. The van der Waals surface area contributed by atoms with Crippen LogP contribution in [0.15, 0.2) is 36.4 Å². The van der Waals surface area contributed by atoms with Gasteiger partial charge in [0.1, 0.15) is 5.75 Å². The van der Waals surface area contributed by atoms with E-state index < -0.39 is 0 Å². The molecule has 0 radical (unpaired) electrons. The molecule has 0 bridgehead atoms. The summed E-state index contributed by atoms with van der Waals surface area (Å²) in [5.41, 5.74) is 7.38. The summed E-state index contributed by atoms with van der Waals surface area (Å²) in [6.45, 7) is 4.65. The first-order valence-electron chi connectivity index (χ1n) is 6.00. The Hall–Kier alpha value is -1.94. The molecule has 0 atom stereocenters. The lowest BCUT2D eigenvalue weighted by atomic mass is 10.0. The van der Waals surface area contributed by atoms with Crippen molar-refractivity contribution in [3.8, 4) is 11.6 Å². The monoisotopic (exact) mass is 243 g/mol. The molecule has 4 heteroatoms. The fourth-order valence-corrected chi connectivity index (χ4v) is 1.67. The SMILES string of the molecule is CC(C)c1ccccc1Oc1ccc(CN)nn1. The van der Waals surface area contributed by atoms with Gasteiger partial charge < -0.3 is 10.5 Å². The minimum Gasteiger partial charge on any atom is -0.437 e. The molecular formula is C14H17N3O. The van der Waals surface area contributed by atoms with E-state index in [-0.39, 0.29) is 0 Å². The molecule has 0 unspecified atom stereocenters. The zero-order chi connectivity index (χ0) is 13.0. The number of benzene rings is 1. The first kappa shape index (κ1) is 12.5. The molecule has 1 aromatic carbocycles. The Morgan fingerprint density at radius 2 is 1.89 bits per heavy atom. The first-order valence-corrected chi connectivity index (χ1v) is 6.00. The molecule has 0 aliphatic rings. The molecular weight excluding hydrogens is 226 g/mol. The Labute approximate surface area is 107 Å². The average Bonchev–Trinajstić information content (AvgIpc) is 2.40. The zero-order valence-corrected chi connectivity index (χ0v) is 10.6. The second kappa shape index (κ2) is 5.60. The summed E-state index contributed by atoms with van der Waals surface area (Å²) in [6.07, 6.45) is 0. The maximum atomic E-state index is 5.76. The third-order valence-corrected chi connectivity index (χ3v) is 2.66. The molecule has 0 aliphatic heterocycles. The molecule has 1 aromatic heterocycles. The van der Waals surface area contributed by atoms with E-state index in [1.165, 1.54) is 0 Å². The van der Waals surface area contributed by atoms with Crippen LogP contribution < -0.4 is 10.5 Å². The molecule has 0 saturated heterocycles. The van der Waals surface area contributed by atoms with Crippen molar-refractivity contribution in [3.63, 3.8) is 0 Å². The highest BCUT2D eigenvalue weighted by Gasteiger charge is 2.08. The predicted molar refractivity (Wildman–Crippen MR) is 70.5 cm³/mol. The van der Waals surface area contributed by atoms with Crippen molar-refractivity contribution < 1.29 is 4.74 Å². The van der Waals surface area contributed by atoms with Gasteiger partial charge in [0.2, 0.25) is 5.88 Å². The number of hydrogen-bond acceptors (Lipinski definition) is 4. The third-order valence-electron chi connectivity index (χ3n) is 2.66. The van der Waals surface area contributed by atoms with E-state index in [1.807, 2.05) is 24.3 Å². The second-order valence-corrected chi connectivity index (χ2v) is 4.36. The van der Waals surface area contributed by atoms with Gasteiger partial charge in [-0.1, -0.05) is 32.0 Å². The van der Waals surface area contributed by atoms with Crippen molar-refractivity contribution >= 4 is 0 Å². The smallest absolute Gasteiger partial charge is 0.238 e. The Bertz CT molecular complexity index is 509. The summed E-state index contributed by atoms with van der Waals surface area (Å²) >= 11 is 0. The molecule has 94 valence electrons. The van der Waals surface area contributed by atoms with Crippen molar-refractivity contribution in [1.29, 1.82) is 0 Å². The zero-order valence-electron chi connectivity index (χ0n) is 10.6. The fraction of sp³-hybridized carbons (Fsp3) is 0.286. The second-order valence-electron chi connectivity index (χ2n) is 4.36. The van der Waals surface area contributed by atoms with E-state index in [1.54, 1.807) is 6.07 Å². The van der Waals surface area contributed by atoms with Crippen molar-refractivity contribution in [1.82, 2.24) is 10.2 Å². The lowest BCUT2D eigenvalue weighted by Crippen LogP contribution is -2.02. The minimum atomic E-state index is 0.385. The van der Waals surface area contributed by atoms with Crippen LogP contribution in [0.25, 0.3) is 0 Å². The van der Waals surface area contributed by atoms with Crippen molar-refractivity contribution in [3.05, 3.63) is 47.7 Å². The molecule has 0 saturated carbocycles. The van der Waals surface area contributed by atoms with Gasteiger partial charge in [-0.15, -0.1) is 5.10 Å². The van der Waals surface area contributed by atoms with E-state index in [9.17, 15) is 0 Å². The van der Waals surface area contributed by atoms with E-state index in [0.29, 0.717) is 18.3 Å². The van der Waals surface area contributed by atoms with E-state index in [0.717, 1.165) is 17.0 Å². The molecule has 1 heterocycles. The Morgan fingerprint density at radius 1 is 1.11 bits per heavy atom. The molecule has 2 N–H and O–H groups in total. The minimum absolute atomic E-state index is 0.385. The van der Waals surface area contributed by atoms with Gasteiger partial charge >= 0.3 is 0 Å². The largest absolute Gasteiger partial charge is 0.437 e. The lowest BCUT2D eigenvalue weighted by molar-refractivity contribution is 0.446. The van der Waals surface area contributed by atoms with Crippen LogP contribution >= 0.6 is 0 Å². The van der Waals surface area contributed by atoms with Crippen LogP contribution in [-0.2, 0) is 6.54 Å². The highest BCUT2D eigenvalue weighted by atomic mass is 16.5. The molecule has 0 aliphatic carbocycles. The van der Waals surface area contributed by atoms with Crippen LogP contribution in [0.2, 0.25) is 0 Å². The van der Waals surface area contributed by atoms with Crippen LogP contribution in [0, 0.1) is 0 Å². The van der Waals surface area contributed by atoms with E-state index in [4.69, 9.17) is 10.5 Å². The molecule has 0 fully saturated rings. The first-order chi connectivity index (χ1) is 8.70. The Balaban J connectivity index is 2.22. The highest BCUT2D eigenvalue weighted by Crippen LogP contribution is 2.29. The molecule has 2 rings (SSSR count). The van der Waals surface area contributed by atoms with Crippen LogP contribution in [0.1, 0.15) is 31.0 Å². The van der Waals surface area contributed by atoms with Crippen LogP contribution in [0.4, 0.5) is 0 Å². The van der Waals surface area contributed by atoms with Gasteiger partial charge in [-0.2, -0.15) is 5.10 Å². The topological polar surface area (TPSA) is 61.0 Å². The molecule has 4 nitrogen and oxygen atoms in total. The summed E-state index contributed by atoms with van der Waals surface area (Å²) in [6, 6.07) is 11.6. The average molecular weight is 243 g/mol. The maximum absolute atomic E-state index is 5.76. The number of para-hydroxylation sites is 1. The van der Waals surface area contributed by atoms with Gasteiger partial charge in [-0.25, -0.2) is 0 Å². The normalized spacial score (nSPS) is 10.7. The van der Waals surface area contributed by atoms with Gasteiger partial charge in [-0.3, -0.25) is 0 Å².